The van der Waals surface area contributed by atoms with Crippen LogP contribution in [0.25, 0.3) is 0 Å². The fraction of sp³-hybridized carbons (Fsp3) is 0.818. The van der Waals surface area contributed by atoms with Gasteiger partial charge in [0.1, 0.15) is 11.8 Å². The molecule has 0 saturated heterocycles. The number of amides is 1. The van der Waals surface area contributed by atoms with E-state index >= 15 is 0 Å². The number of hydrogen-bond acceptors (Lipinski definition) is 4. The summed E-state index contributed by atoms with van der Waals surface area (Å²) in [4.78, 5) is 22.5. The fourth-order valence-electron chi connectivity index (χ4n) is 1.48. The van der Waals surface area contributed by atoms with E-state index in [-0.39, 0.29) is 11.7 Å². The van der Waals surface area contributed by atoms with Crippen LogP contribution in [0.1, 0.15) is 33.6 Å². The predicted molar refractivity (Wildman–Crippen MR) is 68.0 cm³/mol. The minimum absolute atomic E-state index is 0.0680. The number of nitrogens with one attached hydrogen (secondary N) is 1. The maximum Gasteiger partial charge on any atom is 0.326 e. The molecule has 2 atom stereocenters. The van der Waals surface area contributed by atoms with Crippen LogP contribution in [0.2, 0.25) is 0 Å². The Kier molecular flexibility index (Phi) is 6.90. The van der Waals surface area contributed by atoms with Gasteiger partial charge >= 0.3 is 5.97 Å². The van der Waals surface area contributed by atoms with E-state index < -0.39 is 33.5 Å². The molecule has 0 saturated carbocycles. The van der Waals surface area contributed by atoms with Crippen molar-refractivity contribution in [2.24, 2.45) is 5.92 Å². The number of carbonyl (C=O) groups excluding carboxylic acids is 1. The van der Waals surface area contributed by atoms with Crippen LogP contribution in [-0.2, 0) is 19.4 Å². The van der Waals surface area contributed by atoms with Crippen molar-refractivity contribution in [3.63, 3.8) is 0 Å². The van der Waals surface area contributed by atoms with Gasteiger partial charge in [0.2, 0.25) is 5.91 Å². The van der Waals surface area contributed by atoms with Gasteiger partial charge in [0.15, 0.2) is 9.84 Å². The number of carbonyl (C=O) groups is 2. The average Bonchev–Trinajstić information content (AvgIpc) is 2.23. The lowest BCUT2D eigenvalue weighted by atomic mass is 9.99. The highest BCUT2D eigenvalue weighted by atomic mass is 32.2. The van der Waals surface area contributed by atoms with Crippen molar-refractivity contribution >= 4 is 21.7 Å². The minimum Gasteiger partial charge on any atom is -0.480 e. The van der Waals surface area contributed by atoms with Gasteiger partial charge < -0.3 is 10.4 Å². The van der Waals surface area contributed by atoms with Gasteiger partial charge in [-0.05, 0) is 12.3 Å². The summed E-state index contributed by atoms with van der Waals surface area (Å²) in [6, 6.07) is -1.04. The lowest BCUT2D eigenvalue weighted by molar-refractivity contribution is -0.143. The quantitative estimate of drug-likeness (QED) is 0.671. The van der Waals surface area contributed by atoms with Crippen LogP contribution in [0, 0.1) is 5.92 Å². The normalized spacial score (nSPS) is 14.8. The Balaban J connectivity index is 4.58. The summed E-state index contributed by atoms with van der Waals surface area (Å²) in [5, 5.41) is 11.2. The number of carboxylic acids is 1. The Labute approximate surface area is 108 Å². The molecule has 0 radical (unpaired) electrons. The molecule has 0 aliphatic heterocycles. The monoisotopic (exact) mass is 279 g/mol. The summed E-state index contributed by atoms with van der Waals surface area (Å²) in [5.41, 5.74) is 0. The van der Waals surface area contributed by atoms with Crippen molar-refractivity contribution in [2.75, 3.05) is 11.5 Å². The molecule has 0 rings (SSSR count). The number of carboxylic acid groups (broad SMARTS) is 1. The Morgan fingerprint density at radius 2 is 1.83 bits per heavy atom. The first kappa shape index (κ1) is 16.9. The molecule has 106 valence electrons. The van der Waals surface area contributed by atoms with E-state index in [0.717, 1.165) is 0 Å². The van der Waals surface area contributed by atoms with Crippen molar-refractivity contribution < 1.29 is 23.1 Å². The standard InChI is InChI=1S/C11H21NO5S/c1-4-6-18(16,17)7-9(13)12-10(11(14)15)8(3)5-2/h8,10H,4-7H2,1-3H3,(H,12,13)(H,14,15). The molecule has 0 aliphatic rings. The van der Waals surface area contributed by atoms with E-state index in [9.17, 15) is 18.0 Å². The largest absolute Gasteiger partial charge is 0.480 e. The first-order chi connectivity index (χ1) is 8.23. The Bertz CT molecular complexity index is 390. The van der Waals surface area contributed by atoms with E-state index in [0.29, 0.717) is 12.8 Å². The molecule has 0 aromatic heterocycles. The van der Waals surface area contributed by atoms with E-state index in [2.05, 4.69) is 5.32 Å². The van der Waals surface area contributed by atoms with E-state index in [1.165, 1.54) is 0 Å². The van der Waals surface area contributed by atoms with E-state index in [1.54, 1.807) is 20.8 Å². The van der Waals surface area contributed by atoms with E-state index in [1.807, 2.05) is 0 Å². The van der Waals surface area contributed by atoms with E-state index in [4.69, 9.17) is 5.11 Å². The zero-order valence-corrected chi connectivity index (χ0v) is 11.8. The maximum atomic E-state index is 11.5. The number of sulfone groups is 1. The summed E-state index contributed by atoms with van der Waals surface area (Å²) in [7, 11) is -3.44. The van der Waals surface area contributed by atoms with Gasteiger partial charge in [-0.2, -0.15) is 0 Å². The third-order valence-electron chi connectivity index (χ3n) is 2.66. The molecule has 7 heteroatoms. The molecule has 0 bridgehead atoms. The first-order valence-electron chi connectivity index (χ1n) is 5.96. The third kappa shape index (κ3) is 6.00. The molecule has 0 aromatic rings. The number of aliphatic carboxylic acids is 1. The molecule has 0 aromatic carbocycles. The lowest BCUT2D eigenvalue weighted by Crippen LogP contribution is -2.47. The van der Waals surface area contributed by atoms with Gasteiger partial charge in [-0.3, -0.25) is 4.79 Å². The first-order valence-corrected chi connectivity index (χ1v) is 7.78. The van der Waals surface area contributed by atoms with Crippen LogP contribution < -0.4 is 5.32 Å². The highest BCUT2D eigenvalue weighted by molar-refractivity contribution is 7.92. The van der Waals surface area contributed by atoms with Gasteiger partial charge in [-0.15, -0.1) is 0 Å². The Morgan fingerprint density at radius 3 is 2.22 bits per heavy atom. The second-order valence-corrected chi connectivity index (χ2v) is 6.55. The average molecular weight is 279 g/mol. The molecule has 0 heterocycles. The summed E-state index contributed by atoms with van der Waals surface area (Å²) >= 11 is 0. The smallest absolute Gasteiger partial charge is 0.326 e. The maximum absolute atomic E-state index is 11.5. The van der Waals surface area contributed by atoms with Gasteiger partial charge in [0.05, 0.1) is 5.75 Å². The molecule has 0 spiro atoms. The fourth-order valence-corrected chi connectivity index (χ4v) is 2.73. The summed E-state index contributed by atoms with van der Waals surface area (Å²) in [6.45, 7) is 5.20. The van der Waals surface area contributed by atoms with Crippen molar-refractivity contribution in [3.8, 4) is 0 Å². The molecule has 18 heavy (non-hydrogen) atoms. The molecule has 2 N–H and O–H groups in total. The highest BCUT2D eigenvalue weighted by Crippen LogP contribution is 2.08. The van der Waals surface area contributed by atoms with Crippen LogP contribution in [0.15, 0.2) is 0 Å². The number of rotatable bonds is 8. The summed E-state index contributed by atoms with van der Waals surface area (Å²) in [5.74, 6) is -2.87. The SMILES string of the molecule is CCCS(=O)(=O)CC(=O)NC(C(=O)O)C(C)CC. The van der Waals surface area contributed by atoms with Crippen molar-refractivity contribution in [3.05, 3.63) is 0 Å². The molecule has 1 amide bonds. The summed E-state index contributed by atoms with van der Waals surface area (Å²) < 4.78 is 22.8. The number of hydrogen-bond donors (Lipinski definition) is 2. The molecule has 6 nitrogen and oxygen atoms in total. The topological polar surface area (TPSA) is 101 Å². The Hall–Kier alpha value is -1.11. The zero-order chi connectivity index (χ0) is 14.3. The highest BCUT2D eigenvalue weighted by Gasteiger charge is 2.26. The van der Waals surface area contributed by atoms with Crippen LogP contribution in [-0.4, -0.2) is 42.9 Å². The van der Waals surface area contributed by atoms with Gasteiger partial charge in [-0.1, -0.05) is 27.2 Å². The van der Waals surface area contributed by atoms with Crippen molar-refractivity contribution in [1.82, 2.24) is 5.32 Å². The lowest BCUT2D eigenvalue weighted by Gasteiger charge is -2.20. The molecular formula is C11H21NO5S. The molecule has 2 unspecified atom stereocenters. The van der Waals surface area contributed by atoms with Gasteiger partial charge in [-0.25, -0.2) is 13.2 Å². The van der Waals surface area contributed by atoms with Crippen LogP contribution in [0.5, 0.6) is 0 Å². The second-order valence-electron chi connectivity index (χ2n) is 4.36. The van der Waals surface area contributed by atoms with Crippen LogP contribution in [0.3, 0.4) is 0 Å². The van der Waals surface area contributed by atoms with Crippen LogP contribution in [0.4, 0.5) is 0 Å². The summed E-state index contributed by atoms with van der Waals surface area (Å²) in [6.07, 6.45) is 1.02. The molecule has 0 fully saturated rings. The second kappa shape index (κ2) is 7.35. The predicted octanol–water partition coefficient (Wildman–Crippen LogP) is 0.427. The van der Waals surface area contributed by atoms with Crippen molar-refractivity contribution in [2.45, 2.75) is 39.7 Å². The van der Waals surface area contributed by atoms with Crippen LogP contribution >= 0.6 is 0 Å². The zero-order valence-electron chi connectivity index (χ0n) is 11.0. The van der Waals surface area contributed by atoms with Crippen molar-refractivity contribution in [1.29, 1.82) is 0 Å². The minimum atomic E-state index is -3.44. The van der Waals surface area contributed by atoms with Gasteiger partial charge in [0, 0.05) is 0 Å². The molecular weight excluding hydrogens is 258 g/mol. The Morgan fingerprint density at radius 1 is 1.28 bits per heavy atom. The van der Waals surface area contributed by atoms with Gasteiger partial charge in [0.25, 0.3) is 0 Å². The molecule has 0 aliphatic carbocycles. The third-order valence-corrected chi connectivity index (χ3v) is 4.39.